The fraction of sp³-hybridized carbons (Fsp3) is 0.500. The minimum Gasteiger partial charge on any atom is -0.323 e. The van der Waals surface area contributed by atoms with Gasteiger partial charge in [-0.25, -0.2) is 4.39 Å². The van der Waals surface area contributed by atoms with E-state index in [1.165, 1.54) is 12.5 Å². The number of nitrogens with two attached hydrogens (primary N) is 1. The van der Waals surface area contributed by atoms with E-state index in [2.05, 4.69) is 0 Å². The molecule has 0 amide bonds. The second-order valence-electron chi connectivity index (χ2n) is 4.10. The Bertz CT molecular complexity index is 347. The summed E-state index contributed by atoms with van der Waals surface area (Å²) in [4.78, 5) is 0. The smallest absolute Gasteiger partial charge is 0.128 e. The first-order chi connectivity index (χ1) is 7.18. The van der Waals surface area contributed by atoms with Gasteiger partial charge in [0.15, 0.2) is 0 Å². The Morgan fingerprint density at radius 2 is 2.33 bits per heavy atom. The van der Waals surface area contributed by atoms with E-state index in [9.17, 15) is 4.39 Å². The van der Waals surface area contributed by atoms with E-state index in [4.69, 9.17) is 5.73 Å². The molecule has 0 radical (unpaired) electrons. The molecule has 1 fully saturated rings. The zero-order valence-corrected chi connectivity index (χ0v) is 9.69. The Hall–Kier alpha value is -0.540. The fourth-order valence-electron chi connectivity index (χ4n) is 2.00. The van der Waals surface area contributed by atoms with Crippen LogP contribution in [0.3, 0.4) is 0 Å². The van der Waals surface area contributed by atoms with Gasteiger partial charge in [0, 0.05) is 16.9 Å². The van der Waals surface area contributed by atoms with Crippen LogP contribution in [-0.2, 0) is 0 Å². The first-order valence-corrected chi connectivity index (χ1v) is 6.36. The zero-order valence-electron chi connectivity index (χ0n) is 8.87. The maximum absolute atomic E-state index is 13.6. The van der Waals surface area contributed by atoms with Crippen LogP contribution in [0.25, 0.3) is 0 Å². The monoisotopic (exact) mass is 225 g/mol. The molecule has 1 aliphatic heterocycles. The zero-order chi connectivity index (χ0) is 10.8. The van der Waals surface area contributed by atoms with Crippen molar-refractivity contribution in [3.8, 4) is 0 Å². The molecule has 0 bridgehead atoms. The Kier molecular flexibility index (Phi) is 3.32. The molecule has 1 aromatic carbocycles. The summed E-state index contributed by atoms with van der Waals surface area (Å²) in [5, 5.41) is 0.390. The highest BCUT2D eigenvalue weighted by molar-refractivity contribution is 8.00. The summed E-state index contributed by atoms with van der Waals surface area (Å²) in [7, 11) is 0. The molecule has 15 heavy (non-hydrogen) atoms. The van der Waals surface area contributed by atoms with Crippen molar-refractivity contribution in [1.82, 2.24) is 0 Å². The normalized spacial score (nSPS) is 23.0. The van der Waals surface area contributed by atoms with Crippen molar-refractivity contribution in [1.29, 1.82) is 0 Å². The SMILES string of the molecule is Cc1ccc(F)c(C(N)C2CCCS2)c1. The number of aryl methyl sites for hydroxylation is 1. The van der Waals surface area contributed by atoms with Crippen LogP contribution in [0.4, 0.5) is 4.39 Å². The van der Waals surface area contributed by atoms with Crippen LogP contribution >= 0.6 is 11.8 Å². The molecule has 2 N–H and O–H groups in total. The van der Waals surface area contributed by atoms with Gasteiger partial charge in [-0.1, -0.05) is 17.7 Å². The summed E-state index contributed by atoms with van der Waals surface area (Å²) in [6, 6.07) is 5.02. The van der Waals surface area contributed by atoms with Gasteiger partial charge in [-0.3, -0.25) is 0 Å². The van der Waals surface area contributed by atoms with E-state index in [1.807, 2.05) is 24.8 Å². The third kappa shape index (κ3) is 2.34. The van der Waals surface area contributed by atoms with Crippen molar-refractivity contribution in [2.75, 3.05) is 5.75 Å². The maximum atomic E-state index is 13.6. The quantitative estimate of drug-likeness (QED) is 0.837. The minimum atomic E-state index is -0.166. The van der Waals surface area contributed by atoms with E-state index in [0.717, 1.165) is 17.7 Å². The minimum absolute atomic E-state index is 0.155. The molecule has 0 saturated carbocycles. The van der Waals surface area contributed by atoms with Crippen molar-refractivity contribution in [2.24, 2.45) is 5.73 Å². The number of thioether (sulfide) groups is 1. The van der Waals surface area contributed by atoms with E-state index < -0.39 is 0 Å². The molecule has 2 atom stereocenters. The van der Waals surface area contributed by atoms with Crippen LogP contribution in [-0.4, -0.2) is 11.0 Å². The first-order valence-electron chi connectivity index (χ1n) is 5.31. The topological polar surface area (TPSA) is 26.0 Å². The highest BCUT2D eigenvalue weighted by Crippen LogP contribution is 2.35. The largest absolute Gasteiger partial charge is 0.323 e. The van der Waals surface area contributed by atoms with Crippen LogP contribution in [0.1, 0.15) is 30.0 Å². The summed E-state index contributed by atoms with van der Waals surface area (Å²) in [5.41, 5.74) is 7.86. The highest BCUT2D eigenvalue weighted by atomic mass is 32.2. The third-order valence-corrected chi connectivity index (χ3v) is 4.36. The number of benzene rings is 1. The third-order valence-electron chi connectivity index (χ3n) is 2.88. The van der Waals surface area contributed by atoms with Crippen LogP contribution in [0.15, 0.2) is 18.2 Å². The van der Waals surface area contributed by atoms with Crippen LogP contribution < -0.4 is 5.73 Å². The molecule has 2 rings (SSSR count). The lowest BCUT2D eigenvalue weighted by molar-refractivity contribution is 0.564. The lowest BCUT2D eigenvalue weighted by Crippen LogP contribution is -2.22. The van der Waals surface area contributed by atoms with Gasteiger partial charge in [-0.2, -0.15) is 11.8 Å². The van der Waals surface area contributed by atoms with Crippen LogP contribution in [0, 0.1) is 12.7 Å². The summed E-state index contributed by atoms with van der Waals surface area (Å²) < 4.78 is 13.6. The van der Waals surface area contributed by atoms with Crippen LogP contribution in [0.5, 0.6) is 0 Å². The molecule has 0 aromatic heterocycles. The molecule has 0 spiro atoms. The Morgan fingerprint density at radius 1 is 1.53 bits per heavy atom. The van der Waals surface area contributed by atoms with Gasteiger partial charge in [0.25, 0.3) is 0 Å². The average molecular weight is 225 g/mol. The van der Waals surface area contributed by atoms with Gasteiger partial charge in [-0.05, 0) is 31.6 Å². The maximum Gasteiger partial charge on any atom is 0.128 e. The Labute approximate surface area is 94.2 Å². The molecule has 1 saturated heterocycles. The van der Waals surface area contributed by atoms with Gasteiger partial charge < -0.3 is 5.73 Å². The molecule has 1 nitrogen and oxygen atoms in total. The van der Waals surface area contributed by atoms with Crippen molar-refractivity contribution in [2.45, 2.75) is 31.1 Å². The number of halogens is 1. The predicted octanol–water partition coefficient (Wildman–Crippen LogP) is 3.03. The van der Waals surface area contributed by atoms with E-state index >= 15 is 0 Å². The van der Waals surface area contributed by atoms with E-state index in [0.29, 0.717) is 10.8 Å². The fourth-order valence-corrected chi connectivity index (χ4v) is 3.33. The second-order valence-corrected chi connectivity index (χ2v) is 5.45. The molecular formula is C12H16FNS. The molecule has 2 unspecified atom stereocenters. The molecule has 1 heterocycles. The summed E-state index contributed by atoms with van der Waals surface area (Å²) in [5.74, 6) is 0.992. The molecule has 0 aliphatic carbocycles. The van der Waals surface area contributed by atoms with Gasteiger partial charge >= 0.3 is 0 Å². The summed E-state index contributed by atoms with van der Waals surface area (Å²) in [6.45, 7) is 1.97. The van der Waals surface area contributed by atoms with E-state index in [-0.39, 0.29) is 11.9 Å². The standard InChI is InChI=1S/C12H16FNS/c1-8-4-5-10(13)9(7-8)12(14)11-3-2-6-15-11/h4-5,7,11-12H,2-3,6,14H2,1H3. The average Bonchev–Trinajstić information content (AvgIpc) is 2.74. The van der Waals surface area contributed by atoms with Gasteiger partial charge in [-0.15, -0.1) is 0 Å². The first kappa shape index (κ1) is 11.0. The van der Waals surface area contributed by atoms with Crippen molar-refractivity contribution in [3.63, 3.8) is 0 Å². The lowest BCUT2D eigenvalue weighted by Gasteiger charge is -2.19. The van der Waals surface area contributed by atoms with Gasteiger partial charge in [0.05, 0.1) is 0 Å². The van der Waals surface area contributed by atoms with Gasteiger partial charge in [0.2, 0.25) is 0 Å². The van der Waals surface area contributed by atoms with E-state index in [1.54, 1.807) is 6.07 Å². The Balaban J connectivity index is 2.23. The Morgan fingerprint density at radius 3 is 3.00 bits per heavy atom. The highest BCUT2D eigenvalue weighted by Gasteiger charge is 2.25. The molecule has 82 valence electrons. The lowest BCUT2D eigenvalue weighted by atomic mass is 9.99. The molecule has 1 aromatic rings. The summed E-state index contributed by atoms with van der Waals surface area (Å²) >= 11 is 1.87. The summed E-state index contributed by atoms with van der Waals surface area (Å²) in [6.07, 6.45) is 2.32. The van der Waals surface area contributed by atoms with Crippen LogP contribution in [0.2, 0.25) is 0 Å². The number of hydrogen-bond donors (Lipinski definition) is 1. The number of hydrogen-bond acceptors (Lipinski definition) is 2. The van der Waals surface area contributed by atoms with Crippen molar-refractivity contribution >= 4 is 11.8 Å². The predicted molar refractivity (Wildman–Crippen MR) is 63.5 cm³/mol. The molecular weight excluding hydrogens is 209 g/mol. The van der Waals surface area contributed by atoms with Gasteiger partial charge in [0.1, 0.15) is 5.82 Å². The molecule has 3 heteroatoms. The number of rotatable bonds is 2. The van der Waals surface area contributed by atoms with Crippen molar-refractivity contribution in [3.05, 3.63) is 35.1 Å². The second kappa shape index (κ2) is 4.54. The van der Waals surface area contributed by atoms with Crippen molar-refractivity contribution < 1.29 is 4.39 Å². The molecule has 1 aliphatic rings.